The Morgan fingerprint density at radius 3 is 2.48 bits per heavy atom. The molecule has 6 heteroatoms. The smallest absolute Gasteiger partial charge is 0.237 e. The van der Waals surface area contributed by atoms with Gasteiger partial charge in [0.15, 0.2) is 0 Å². The number of hydrogen-bond donors (Lipinski definition) is 2. The number of carbonyl (C=O) groups is 2. The number of amides is 2. The fourth-order valence-electron chi connectivity index (χ4n) is 5.06. The highest BCUT2D eigenvalue weighted by atomic mass is 35.5. The SMILES string of the molecule is CCC(CC1CCCC1)C(=O)N1CCCC(CNC(=O)C2CCCN2)C1.Cl. The fourth-order valence-corrected chi connectivity index (χ4v) is 5.06. The first-order chi connectivity index (χ1) is 12.7. The molecular weight excluding hydrogens is 362 g/mol. The number of hydrogen-bond acceptors (Lipinski definition) is 3. The Labute approximate surface area is 170 Å². The summed E-state index contributed by atoms with van der Waals surface area (Å²) < 4.78 is 0. The summed E-state index contributed by atoms with van der Waals surface area (Å²) in [6.07, 6.45) is 11.6. The maximum Gasteiger partial charge on any atom is 0.237 e. The van der Waals surface area contributed by atoms with Crippen LogP contribution in [0.3, 0.4) is 0 Å². The van der Waals surface area contributed by atoms with E-state index in [-0.39, 0.29) is 30.3 Å². The molecule has 27 heavy (non-hydrogen) atoms. The third-order valence-corrected chi connectivity index (χ3v) is 6.71. The van der Waals surface area contributed by atoms with Crippen molar-refractivity contribution in [2.45, 2.75) is 77.2 Å². The van der Waals surface area contributed by atoms with E-state index >= 15 is 0 Å². The second-order valence-electron chi connectivity index (χ2n) is 8.68. The van der Waals surface area contributed by atoms with E-state index < -0.39 is 0 Å². The van der Waals surface area contributed by atoms with Gasteiger partial charge in [0, 0.05) is 25.6 Å². The highest BCUT2D eigenvalue weighted by Gasteiger charge is 2.31. The number of rotatable bonds is 7. The van der Waals surface area contributed by atoms with Gasteiger partial charge in [0.05, 0.1) is 6.04 Å². The molecule has 3 rings (SSSR count). The molecule has 1 saturated carbocycles. The zero-order chi connectivity index (χ0) is 18.4. The molecule has 3 atom stereocenters. The van der Waals surface area contributed by atoms with Crippen LogP contribution >= 0.6 is 12.4 Å². The van der Waals surface area contributed by atoms with Gasteiger partial charge >= 0.3 is 0 Å². The van der Waals surface area contributed by atoms with E-state index in [1.165, 1.54) is 25.7 Å². The van der Waals surface area contributed by atoms with Crippen LogP contribution in [0.25, 0.3) is 0 Å². The molecule has 1 aliphatic carbocycles. The van der Waals surface area contributed by atoms with Gasteiger partial charge in [-0.05, 0) is 56.9 Å². The van der Waals surface area contributed by atoms with Crippen LogP contribution in [0.15, 0.2) is 0 Å². The lowest BCUT2D eigenvalue weighted by Gasteiger charge is -2.35. The molecule has 0 aromatic rings. The van der Waals surface area contributed by atoms with E-state index in [1.54, 1.807) is 0 Å². The molecule has 156 valence electrons. The van der Waals surface area contributed by atoms with Crippen molar-refractivity contribution in [3.63, 3.8) is 0 Å². The Kier molecular flexibility index (Phi) is 9.37. The van der Waals surface area contributed by atoms with E-state index in [1.807, 2.05) is 0 Å². The molecule has 2 saturated heterocycles. The number of piperidine rings is 1. The van der Waals surface area contributed by atoms with Gasteiger partial charge in [-0.15, -0.1) is 12.4 Å². The van der Waals surface area contributed by atoms with Gasteiger partial charge in [0.2, 0.25) is 11.8 Å². The second kappa shape index (κ2) is 11.3. The van der Waals surface area contributed by atoms with Crippen LogP contribution in [0.2, 0.25) is 0 Å². The minimum atomic E-state index is -0.00721. The molecule has 2 N–H and O–H groups in total. The van der Waals surface area contributed by atoms with E-state index in [9.17, 15) is 9.59 Å². The molecule has 0 aromatic carbocycles. The van der Waals surface area contributed by atoms with E-state index in [4.69, 9.17) is 0 Å². The fraction of sp³-hybridized carbons (Fsp3) is 0.905. The quantitative estimate of drug-likeness (QED) is 0.691. The maximum atomic E-state index is 13.0. The van der Waals surface area contributed by atoms with Gasteiger partial charge in [-0.3, -0.25) is 9.59 Å². The molecule has 3 unspecified atom stereocenters. The average molecular weight is 400 g/mol. The number of nitrogens with one attached hydrogen (secondary N) is 2. The summed E-state index contributed by atoms with van der Waals surface area (Å²) in [6, 6.07) is -0.00721. The standard InChI is InChI=1S/C21H37N3O2.ClH/c1-2-18(13-16-7-3-4-8-16)21(26)24-12-6-9-17(15-24)14-23-20(25)19-10-5-11-22-19;/h16-19,22H,2-15H2,1H3,(H,23,25);1H. The lowest BCUT2D eigenvalue weighted by Crippen LogP contribution is -2.48. The van der Waals surface area contributed by atoms with Crippen molar-refractivity contribution in [1.82, 2.24) is 15.5 Å². The topological polar surface area (TPSA) is 61.4 Å². The number of nitrogens with zero attached hydrogens (tertiary/aromatic N) is 1. The van der Waals surface area contributed by atoms with Crippen LogP contribution in [0.1, 0.15) is 71.1 Å². The monoisotopic (exact) mass is 399 g/mol. The molecule has 2 amide bonds. The van der Waals surface area contributed by atoms with Crippen LogP contribution < -0.4 is 10.6 Å². The number of halogens is 1. The van der Waals surface area contributed by atoms with Gasteiger partial charge in [0.1, 0.15) is 0 Å². The normalized spacial score (nSPS) is 27.2. The summed E-state index contributed by atoms with van der Waals surface area (Å²) in [5.74, 6) is 1.88. The van der Waals surface area contributed by atoms with E-state index in [0.29, 0.717) is 18.4 Å². The first-order valence-electron chi connectivity index (χ1n) is 11.0. The van der Waals surface area contributed by atoms with Crippen molar-refractivity contribution in [1.29, 1.82) is 0 Å². The van der Waals surface area contributed by atoms with Gasteiger partial charge in [-0.25, -0.2) is 0 Å². The molecule has 2 aliphatic heterocycles. The molecule has 3 fully saturated rings. The van der Waals surface area contributed by atoms with Crippen molar-refractivity contribution >= 4 is 24.2 Å². The average Bonchev–Trinajstić information content (AvgIpc) is 3.37. The number of carbonyl (C=O) groups excluding carboxylic acids is 2. The Morgan fingerprint density at radius 1 is 1.07 bits per heavy atom. The first-order valence-corrected chi connectivity index (χ1v) is 11.0. The molecule has 5 nitrogen and oxygen atoms in total. The third kappa shape index (κ3) is 6.35. The van der Waals surface area contributed by atoms with Gasteiger partial charge in [-0.1, -0.05) is 32.6 Å². The zero-order valence-corrected chi connectivity index (χ0v) is 17.7. The highest BCUT2D eigenvalue weighted by Crippen LogP contribution is 2.32. The van der Waals surface area contributed by atoms with Crippen molar-refractivity contribution in [2.24, 2.45) is 17.8 Å². The molecule has 0 aromatic heterocycles. The minimum absolute atomic E-state index is 0. The van der Waals surface area contributed by atoms with Gasteiger partial charge < -0.3 is 15.5 Å². The predicted octanol–water partition coefficient (Wildman–Crippen LogP) is 3.12. The van der Waals surface area contributed by atoms with Crippen LogP contribution in [0.5, 0.6) is 0 Å². The third-order valence-electron chi connectivity index (χ3n) is 6.71. The summed E-state index contributed by atoms with van der Waals surface area (Å²) in [7, 11) is 0. The molecule has 3 aliphatic rings. The summed E-state index contributed by atoms with van der Waals surface area (Å²) in [6.45, 7) is 5.53. The highest BCUT2D eigenvalue weighted by molar-refractivity contribution is 5.85. The van der Waals surface area contributed by atoms with Crippen molar-refractivity contribution in [3.8, 4) is 0 Å². The lowest BCUT2D eigenvalue weighted by atomic mass is 9.89. The second-order valence-corrected chi connectivity index (χ2v) is 8.68. The summed E-state index contributed by atoms with van der Waals surface area (Å²) in [5.41, 5.74) is 0. The zero-order valence-electron chi connectivity index (χ0n) is 16.9. The summed E-state index contributed by atoms with van der Waals surface area (Å²) in [4.78, 5) is 27.3. The van der Waals surface area contributed by atoms with Crippen molar-refractivity contribution in [3.05, 3.63) is 0 Å². The minimum Gasteiger partial charge on any atom is -0.354 e. The van der Waals surface area contributed by atoms with Gasteiger partial charge in [0.25, 0.3) is 0 Å². The Balaban J connectivity index is 0.00000261. The maximum absolute atomic E-state index is 13.0. The van der Waals surface area contributed by atoms with Crippen molar-refractivity contribution < 1.29 is 9.59 Å². The lowest BCUT2D eigenvalue weighted by molar-refractivity contribution is -0.138. The van der Waals surface area contributed by atoms with Crippen LogP contribution in [0.4, 0.5) is 0 Å². The molecule has 0 bridgehead atoms. The summed E-state index contributed by atoms with van der Waals surface area (Å²) >= 11 is 0. The molecule has 0 radical (unpaired) electrons. The Hall–Kier alpha value is -0.810. The van der Waals surface area contributed by atoms with Crippen LogP contribution in [-0.2, 0) is 9.59 Å². The first kappa shape index (κ1) is 22.5. The molecular formula is C21H38ClN3O2. The van der Waals surface area contributed by atoms with E-state index in [0.717, 1.165) is 64.1 Å². The van der Waals surface area contributed by atoms with Crippen LogP contribution in [-0.4, -0.2) is 48.9 Å². The van der Waals surface area contributed by atoms with Crippen LogP contribution in [0, 0.1) is 17.8 Å². The predicted molar refractivity (Wildman–Crippen MR) is 111 cm³/mol. The van der Waals surface area contributed by atoms with E-state index in [2.05, 4.69) is 22.5 Å². The largest absolute Gasteiger partial charge is 0.354 e. The van der Waals surface area contributed by atoms with Crippen molar-refractivity contribution in [2.75, 3.05) is 26.2 Å². The Morgan fingerprint density at radius 2 is 1.81 bits per heavy atom. The number of likely N-dealkylation sites (tertiary alicyclic amines) is 1. The Bertz CT molecular complexity index is 476. The van der Waals surface area contributed by atoms with Gasteiger partial charge in [-0.2, -0.15) is 0 Å². The molecule has 0 spiro atoms. The summed E-state index contributed by atoms with van der Waals surface area (Å²) in [5, 5.41) is 6.37. The molecule has 2 heterocycles.